The van der Waals surface area contributed by atoms with Crippen molar-refractivity contribution in [3.05, 3.63) is 0 Å². The first-order chi connectivity index (χ1) is 4.04. The number of carbonyl (C=O) groups excluding carboxylic acids is 2. The first kappa shape index (κ1) is 13.1. The summed E-state index contributed by atoms with van der Waals surface area (Å²) in [5.41, 5.74) is 9.48. The van der Waals surface area contributed by atoms with E-state index in [1.807, 2.05) is 0 Å². The third-order valence-corrected chi connectivity index (χ3v) is 0.724. The maximum absolute atomic E-state index is 9.97. The van der Waals surface area contributed by atoms with Crippen molar-refractivity contribution in [3.63, 3.8) is 0 Å². The molecule has 0 rings (SSSR count). The van der Waals surface area contributed by atoms with Crippen LogP contribution in [0.15, 0.2) is 0 Å². The summed E-state index contributed by atoms with van der Waals surface area (Å²) in [5.74, 6) is -2.21. The first-order valence-electron chi connectivity index (χ1n) is 2.28. The summed E-state index contributed by atoms with van der Waals surface area (Å²) in [6, 6.07) is -1.28. The Morgan fingerprint density at radius 3 is 2.00 bits per heavy atom. The Hall–Kier alpha value is 0.536. The van der Waals surface area contributed by atoms with Gasteiger partial charge in [0.25, 0.3) is 0 Å². The van der Waals surface area contributed by atoms with Gasteiger partial charge in [-0.05, 0) is 0 Å². The molecule has 1 amide bonds. The van der Waals surface area contributed by atoms with Gasteiger partial charge in [0.15, 0.2) is 0 Å². The van der Waals surface area contributed by atoms with Crippen LogP contribution >= 0.6 is 0 Å². The minimum absolute atomic E-state index is 0. The molecule has 6 heteroatoms. The van der Waals surface area contributed by atoms with Gasteiger partial charge < -0.3 is 21.4 Å². The van der Waals surface area contributed by atoms with E-state index in [4.69, 9.17) is 5.73 Å². The number of carboxylic acid groups (broad SMARTS) is 1. The van der Waals surface area contributed by atoms with Crippen LogP contribution < -0.4 is 68.0 Å². The van der Waals surface area contributed by atoms with Crippen molar-refractivity contribution in [2.24, 2.45) is 11.5 Å². The predicted molar refractivity (Wildman–Crippen MR) is 26.8 cm³/mol. The summed E-state index contributed by atoms with van der Waals surface area (Å²) < 4.78 is 0. The van der Waals surface area contributed by atoms with Gasteiger partial charge in [-0.15, -0.1) is 0 Å². The van der Waals surface area contributed by atoms with Crippen LogP contribution in [0.1, 0.15) is 6.42 Å². The zero-order chi connectivity index (χ0) is 7.44. The summed E-state index contributed by atoms with van der Waals surface area (Å²) in [6.45, 7) is 0. The molecular formula is C4H7KN2O3. The van der Waals surface area contributed by atoms with Gasteiger partial charge in [0.05, 0.1) is 12.0 Å². The Balaban J connectivity index is 0. The largest absolute Gasteiger partial charge is 1.00 e. The van der Waals surface area contributed by atoms with E-state index in [0.717, 1.165) is 0 Å². The van der Waals surface area contributed by atoms with Crippen molar-refractivity contribution in [3.8, 4) is 0 Å². The molecule has 5 nitrogen and oxygen atoms in total. The molecule has 0 aromatic rings. The van der Waals surface area contributed by atoms with Crippen LogP contribution in [-0.2, 0) is 9.59 Å². The van der Waals surface area contributed by atoms with E-state index in [1.54, 1.807) is 0 Å². The minimum Gasteiger partial charge on any atom is -0.548 e. The fourth-order valence-electron chi connectivity index (χ4n) is 0.300. The number of amides is 1. The second-order valence-corrected chi connectivity index (χ2v) is 1.60. The average Bonchev–Trinajstić information content (AvgIpc) is 1.63. The minimum atomic E-state index is -1.46. The maximum Gasteiger partial charge on any atom is 1.00 e. The number of hydrogen-bond donors (Lipinski definition) is 2. The van der Waals surface area contributed by atoms with Crippen molar-refractivity contribution >= 4 is 11.9 Å². The number of rotatable bonds is 3. The van der Waals surface area contributed by atoms with Crippen LogP contribution in [0.2, 0.25) is 0 Å². The van der Waals surface area contributed by atoms with Crippen molar-refractivity contribution in [1.82, 2.24) is 0 Å². The zero-order valence-corrected chi connectivity index (χ0v) is 8.79. The standard InChI is InChI=1S/C4H8N2O3.K/c5-2(4(8)9)1-3(6)7;/h2H,1,5H2,(H2,6,7)(H,8,9);/q;+1/p-1/t2-;/m1./s1. The number of hydrogen-bond acceptors (Lipinski definition) is 4. The van der Waals surface area contributed by atoms with Gasteiger partial charge in [-0.2, -0.15) is 0 Å². The Morgan fingerprint density at radius 1 is 1.50 bits per heavy atom. The van der Waals surface area contributed by atoms with Gasteiger partial charge in [0, 0.05) is 6.42 Å². The fraction of sp³-hybridized carbons (Fsp3) is 0.500. The molecule has 0 aromatic heterocycles. The topological polar surface area (TPSA) is 109 Å². The summed E-state index contributed by atoms with van der Waals surface area (Å²) in [4.78, 5) is 19.8. The molecule has 10 heavy (non-hydrogen) atoms. The summed E-state index contributed by atoms with van der Waals surface area (Å²) in [6.07, 6.45) is -0.373. The maximum atomic E-state index is 9.97. The summed E-state index contributed by atoms with van der Waals surface area (Å²) >= 11 is 0. The molecule has 0 unspecified atom stereocenters. The third-order valence-electron chi connectivity index (χ3n) is 0.724. The molecule has 0 saturated carbocycles. The van der Waals surface area contributed by atoms with E-state index < -0.39 is 17.9 Å². The van der Waals surface area contributed by atoms with Crippen LogP contribution in [0.4, 0.5) is 0 Å². The van der Waals surface area contributed by atoms with Crippen LogP contribution in [0.5, 0.6) is 0 Å². The molecule has 0 fully saturated rings. The van der Waals surface area contributed by atoms with Crippen LogP contribution in [-0.4, -0.2) is 17.9 Å². The second-order valence-electron chi connectivity index (χ2n) is 1.60. The molecule has 0 aliphatic heterocycles. The Bertz CT molecular complexity index is 138. The van der Waals surface area contributed by atoms with Crippen molar-refractivity contribution in [2.45, 2.75) is 12.5 Å². The van der Waals surface area contributed by atoms with Crippen molar-refractivity contribution in [2.75, 3.05) is 0 Å². The number of primary amides is 1. The number of carbonyl (C=O) groups is 2. The van der Waals surface area contributed by atoms with Crippen molar-refractivity contribution in [1.29, 1.82) is 0 Å². The van der Waals surface area contributed by atoms with E-state index in [2.05, 4.69) is 5.73 Å². The molecule has 0 radical (unpaired) electrons. The molecule has 1 atom stereocenters. The van der Waals surface area contributed by atoms with Crippen LogP contribution in [0, 0.1) is 0 Å². The van der Waals surface area contributed by atoms with Gasteiger partial charge in [-0.1, -0.05) is 0 Å². The zero-order valence-electron chi connectivity index (χ0n) is 5.66. The van der Waals surface area contributed by atoms with E-state index in [-0.39, 0.29) is 57.8 Å². The van der Waals surface area contributed by atoms with Gasteiger partial charge >= 0.3 is 51.4 Å². The second kappa shape index (κ2) is 6.26. The van der Waals surface area contributed by atoms with Gasteiger partial charge in [-0.3, -0.25) is 4.79 Å². The molecule has 0 aliphatic rings. The molecule has 0 aromatic carbocycles. The SMILES string of the molecule is NC(=O)C[C@@H](N)C(=O)[O-].[K+]. The van der Waals surface area contributed by atoms with Gasteiger partial charge in [0.1, 0.15) is 0 Å². The first-order valence-corrected chi connectivity index (χ1v) is 2.28. The normalized spacial score (nSPS) is 11.3. The number of nitrogens with two attached hydrogens (primary N) is 2. The molecule has 0 spiro atoms. The van der Waals surface area contributed by atoms with E-state index in [1.165, 1.54) is 0 Å². The van der Waals surface area contributed by atoms with Crippen LogP contribution in [0.25, 0.3) is 0 Å². The van der Waals surface area contributed by atoms with Crippen molar-refractivity contribution < 1.29 is 66.1 Å². The number of carboxylic acids is 1. The molecule has 0 saturated heterocycles. The quantitative estimate of drug-likeness (QED) is 0.411. The Morgan fingerprint density at radius 2 is 1.90 bits per heavy atom. The van der Waals surface area contributed by atoms with Crippen LogP contribution in [0.3, 0.4) is 0 Å². The summed E-state index contributed by atoms with van der Waals surface area (Å²) in [5, 5.41) is 9.79. The number of aliphatic carboxylic acids is 1. The van der Waals surface area contributed by atoms with E-state index in [9.17, 15) is 14.7 Å². The molecule has 0 bridgehead atoms. The van der Waals surface area contributed by atoms with E-state index in [0.29, 0.717) is 0 Å². The Labute approximate surface area is 101 Å². The van der Waals surface area contributed by atoms with E-state index >= 15 is 0 Å². The monoisotopic (exact) mass is 170 g/mol. The third kappa shape index (κ3) is 6.65. The molecular weight excluding hydrogens is 163 g/mol. The average molecular weight is 170 g/mol. The Kier molecular flexibility index (Phi) is 8.23. The molecule has 52 valence electrons. The summed E-state index contributed by atoms with van der Waals surface area (Å²) in [7, 11) is 0. The predicted octanol–water partition coefficient (Wildman–Crippen LogP) is -6.06. The molecule has 4 N–H and O–H groups in total. The van der Waals surface area contributed by atoms with Gasteiger partial charge in [-0.25, -0.2) is 0 Å². The smallest absolute Gasteiger partial charge is 0.548 e. The molecule has 0 aliphatic carbocycles. The van der Waals surface area contributed by atoms with Gasteiger partial charge in [0.2, 0.25) is 5.91 Å². The fourth-order valence-corrected chi connectivity index (χ4v) is 0.300. The molecule has 0 heterocycles.